The van der Waals surface area contributed by atoms with E-state index in [1.807, 2.05) is 6.20 Å². The Morgan fingerprint density at radius 1 is 1.23 bits per heavy atom. The van der Waals surface area contributed by atoms with Crippen LogP contribution in [0.3, 0.4) is 0 Å². The number of nitrogens with one attached hydrogen (secondary N) is 1. The minimum absolute atomic E-state index is 0.294. The zero-order valence-electron chi connectivity index (χ0n) is 18.8. The minimum atomic E-state index is -0.296. The van der Waals surface area contributed by atoms with Crippen LogP contribution in [0.25, 0.3) is 11.4 Å². The minimum Gasteiger partial charge on any atom is -0.368 e. The summed E-state index contributed by atoms with van der Waals surface area (Å²) in [5.74, 6) is 0.444. The van der Waals surface area contributed by atoms with E-state index in [0.717, 1.165) is 42.3 Å². The molecule has 0 saturated carbocycles. The number of aromatic amines is 1. The molecule has 7 nitrogen and oxygen atoms in total. The summed E-state index contributed by atoms with van der Waals surface area (Å²) in [4.78, 5) is 10.5. The first-order valence-electron chi connectivity index (χ1n) is 10.8. The maximum Gasteiger partial charge on any atom is 0.209 e. The van der Waals surface area contributed by atoms with Gasteiger partial charge in [0.25, 0.3) is 0 Å². The molecule has 31 heavy (non-hydrogen) atoms. The Labute approximate surface area is 186 Å². The lowest BCUT2D eigenvalue weighted by molar-refractivity contribution is 0.123. The van der Waals surface area contributed by atoms with Crippen LogP contribution in [0.4, 0.5) is 10.1 Å². The van der Waals surface area contributed by atoms with Crippen molar-refractivity contribution < 1.29 is 4.39 Å². The van der Waals surface area contributed by atoms with Gasteiger partial charge in [-0.15, -0.1) is 21.5 Å². The Hall–Kier alpha value is -2.39. The summed E-state index contributed by atoms with van der Waals surface area (Å²) in [7, 11) is 0. The average molecular weight is 444 g/mol. The Kier molecular flexibility index (Phi) is 6.34. The number of benzene rings is 1. The smallest absolute Gasteiger partial charge is 0.209 e. The molecular formula is C22H30FN7S. The number of H-pyrrole nitrogens is 1. The zero-order chi connectivity index (χ0) is 22.1. The Morgan fingerprint density at radius 3 is 2.55 bits per heavy atom. The summed E-state index contributed by atoms with van der Waals surface area (Å²) >= 11 is 1.75. The van der Waals surface area contributed by atoms with E-state index in [2.05, 4.69) is 76.1 Å². The van der Waals surface area contributed by atoms with Crippen LogP contribution in [0.2, 0.25) is 0 Å². The number of nitrogens with zero attached hydrogens (tertiary/aromatic N) is 6. The van der Waals surface area contributed by atoms with E-state index < -0.39 is 0 Å². The zero-order valence-corrected chi connectivity index (χ0v) is 19.6. The van der Waals surface area contributed by atoms with Gasteiger partial charge in [0.05, 0.1) is 17.8 Å². The third-order valence-corrected chi connectivity index (χ3v) is 6.67. The Balaban J connectivity index is 1.64. The van der Waals surface area contributed by atoms with E-state index in [1.165, 1.54) is 4.88 Å². The lowest BCUT2D eigenvalue weighted by Crippen LogP contribution is -2.56. The lowest BCUT2D eigenvalue weighted by Gasteiger charge is -2.45. The van der Waals surface area contributed by atoms with Gasteiger partial charge in [-0.25, -0.2) is 9.37 Å². The number of hydrogen-bond acceptors (Lipinski definition) is 7. The summed E-state index contributed by atoms with van der Waals surface area (Å²) in [5.41, 5.74) is 2.26. The van der Waals surface area contributed by atoms with E-state index in [-0.39, 0.29) is 5.82 Å². The number of aryl methyl sites for hydroxylation is 1. The molecule has 3 heterocycles. The molecular weight excluding hydrogens is 413 g/mol. The van der Waals surface area contributed by atoms with E-state index in [1.54, 1.807) is 17.4 Å². The molecule has 4 rings (SSSR count). The van der Waals surface area contributed by atoms with Gasteiger partial charge in [-0.1, -0.05) is 13.8 Å². The van der Waals surface area contributed by atoms with Crippen molar-refractivity contribution in [3.05, 3.63) is 39.6 Å². The van der Waals surface area contributed by atoms with E-state index in [4.69, 9.17) is 0 Å². The fourth-order valence-corrected chi connectivity index (χ4v) is 5.27. The standard InChI is InChI=1S/C22H30FN7S/c1-13(2)6-17-7-18(23)21(22-25-27-28-26-22)19(8-17)29-10-14(3)30(15(4)11-29)12-20-24-9-16(5)31-20/h7-9,13-15H,6,10-12H2,1-5H3,(H,25,26,27,28). The number of piperazine rings is 1. The van der Waals surface area contributed by atoms with Gasteiger partial charge < -0.3 is 4.90 Å². The number of aromatic nitrogens is 5. The van der Waals surface area contributed by atoms with Crippen LogP contribution < -0.4 is 4.90 Å². The van der Waals surface area contributed by atoms with Gasteiger partial charge in [-0.05, 0) is 56.0 Å². The topological polar surface area (TPSA) is 73.8 Å². The predicted molar refractivity (Wildman–Crippen MR) is 122 cm³/mol. The van der Waals surface area contributed by atoms with Crippen LogP contribution in [-0.2, 0) is 13.0 Å². The van der Waals surface area contributed by atoms with Gasteiger partial charge in [-0.3, -0.25) is 4.90 Å². The van der Waals surface area contributed by atoms with Crippen molar-refractivity contribution in [1.29, 1.82) is 0 Å². The van der Waals surface area contributed by atoms with Crippen LogP contribution in [0, 0.1) is 18.7 Å². The molecule has 2 aromatic heterocycles. The van der Waals surface area contributed by atoms with Crippen molar-refractivity contribution in [3.8, 4) is 11.4 Å². The van der Waals surface area contributed by atoms with E-state index in [9.17, 15) is 0 Å². The maximum atomic E-state index is 15.3. The normalized spacial score (nSPS) is 20.0. The Bertz CT molecular complexity index is 1010. The molecule has 0 spiro atoms. The Morgan fingerprint density at radius 2 is 1.97 bits per heavy atom. The molecule has 1 aromatic carbocycles. The number of halogens is 1. The van der Waals surface area contributed by atoms with Crippen molar-refractivity contribution >= 4 is 17.0 Å². The molecule has 1 N–H and O–H groups in total. The van der Waals surface area contributed by atoms with Crippen LogP contribution in [-0.4, -0.2) is 55.7 Å². The van der Waals surface area contributed by atoms with Gasteiger partial charge >= 0.3 is 0 Å². The van der Waals surface area contributed by atoms with Crippen molar-refractivity contribution in [2.75, 3.05) is 18.0 Å². The summed E-state index contributed by atoms with van der Waals surface area (Å²) in [6.07, 6.45) is 2.76. The third-order valence-electron chi connectivity index (χ3n) is 5.77. The first-order valence-corrected chi connectivity index (χ1v) is 11.6. The molecule has 9 heteroatoms. The number of rotatable bonds is 6. The van der Waals surface area contributed by atoms with Crippen molar-refractivity contribution in [2.45, 2.75) is 59.7 Å². The molecule has 1 aliphatic rings. The molecule has 0 radical (unpaired) electrons. The predicted octanol–water partition coefficient (Wildman–Crippen LogP) is 4.07. The molecule has 0 bridgehead atoms. The van der Waals surface area contributed by atoms with Crippen molar-refractivity contribution in [3.63, 3.8) is 0 Å². The molecule has 0 aliphatic carbocycles. The first kappa shape index (κ1) is 21.8. The van der Waals surface area contributed by atoms with Crippen LogP contribution in [0.1, 0.15) is 43.1 Å². The van der Waals surface area contributed by atoms with Gasteiger partial charge in [0.15, 0.2) is 0 Å². The third kappa shape index (κ3) is 4.77. The summed E-state index contributed by atoms with van der Waals surface area (Å²) in [6.45, 7) is 13.3. The molecule has 3 aromatic rings. The highest BCUT2D eigenvalue weighted by molar-refractivity contribution is 7.11. The highest BCUT2D eigenvalue weighted by Crippen LogP contribution is 2.35. The van der Waals surface area contributed by atoms with Gasteiger partial charge in [0.1, 0.15) is 10.8 Å². The summed E-state index contributed by atoms with van der Waals surface area (Å²) in [5, 5.41) is 15.4. The second-order valence-corrected chi connectivity index (χ2v) is 10.3. The van der Waals surface area contributed by atoms with Gasteiger partial charge in [0.2, 0.25) is 5.82 Å². The first-order chi connectivity index (χ1) is 14.8. The van der Waals surface area contributed by atoms with Crippen molar-refractivity contribution in [1.82, 2.24) is 30.5 Å². The van der Waals surface area contributed by atoms with Crippen LogP contribution >= 0.6 is 11.3 Å². The van der Waals surface area contributed by atoms with Crippen LogP contribution in [0.15, 0.2) is 18.3 Å². The monoisotopic (exact) mass is 443 g/mol. The number of anilines is 1. The quantitative estimate of drug-likeness (QED) is 0.619. The number of thiazole rings is 1. The SMILES string of the molecule is Cc1cnc(CN2C(C)CN(c3cc(CC(C)C)cc(F)c3-c3nn[nH]n3)CC2C)s1. The summed E-state index contributed by atoms with van der Waals surface area (Å²) in [6, 6.07) is 4.31. The van der Waals surface area contributed by atoms with Gasteiger partial charge in [0, 0.05) is 36.2 Å². The largest absolute Gasteiger partial charge is 0.368 e. The highest BCUT2D eigenvalue weighted by atomic mass is 32.1. The maximum absolute atomic E-state index is 15.3. The number of hydrogen-bond donors (Lipinski definition) is 1. The number of tetrazole rings is 1. The van der Waals surface area contributed by atoms with Crippen molar-refractivity contribution in [2.24, 2.45) is 5.92 Å². The van der Waals surface area contributed by atoms with Gasteiger partial charge in [-0.2, -0.15) is 5.21 Å². The lowest BCUT2D eigenvalue weighted by atomic mass is 9.97. The summed E-state index contributed by atoms with van der Waals surface area (Å²) < 4.78 is 15.3. The second kappa shape index (κ2) is 9.00. The highest BCUT2D eigenvalue weighted by Gasteiger charge is 2.32. The fourth-order valence-electron chi connectivity index (χ4n) is 4.47. The molecule has 1 saturated heterocycles. The molecule has 2 atom stereocenters. The molecule has 0 amide bonds. The fraction of sp³-hybridized carbons (Fsp3) is 0.545. The van der Waals surface area contributed by atoms with E-state index in [0.29, 0.717) is 29.4 Å². The molecule has 1 aliphatic heterocycles. The van der Waals surface area contributed by atoms with E-state index >= 15 is 4.39 Å². The van der Waals surface area contributed by atoms with Crippen LogP contribution in [0.5, 0.6) is 0 Å². The second-order valence-electron chi connectivity index (χ2n) is 8.95. The molecule has 1 fully saturated rings. The molecule has 166 valence electrons. The molecule has 2 unspecified atom stereocenters. The average Bonchev–Trinajstić information content (AvgIpc) is 3.35.